The second kappa shape index (κ2) is 6.72. The first-order valence-corrected chi connectivity index (χ1v) is 7.04. The molecule has 0 saturated heterocycles. The Bertz CT molecular complexity index is 210. The van der Waals surface area contributed by atoms with Crippen molar-refractivity contribution < 1.29 is 5.11 Å². The summed E-state index contributed by atoms with van der Waals surface area (Å²) in [5.74, 6) is 0.754. The van der Waals surface area contributed by atoms with E-state index >= 15 is 0 Å². The summed E-state index contributed by atoms with van der Waals surface area (Å²) in [6.45, 7) is 9.30. The van der Waals surface area contributed by atoms with Crippen LogP contribution in [0.25, 0.3) is 0 Å². The monoisotopic (exact) mass is 242 g/mol. The largest absolute Gasteiger partial charge is 0.394 e. The lowest BCUT2D eigenvalue weighted by molar-refractivity contribution is 0.159. The first kappa shape index (κ1) is 14.9. The molecule has 102 valence electrons. The number of aliphatic hydroxyl groups excluding tert-OH is 1. The van der Waals surface area contributed by atoms with Crippen LogP contribution in [0.3, 0.4) is 0 Å². The van der Waals surface area contributed by atoms with Gasteiger partial charge in [-0.3, -0.25) is 0 Å². The van der Waals surface area contributed by atoms with Crippen LogP contribution in [0.2, 0.25) is 0 Å². The fourth-order valence-corrected chi connectivity index (χ4v) is 2.29. The highest BCUT2D eigenvalue weighted by Crippen LogP contribution is 2.28. The molecular formula is C14H30N2O. The van der Waals surface area contributed by atoms with Crippen molar-refractivity contribution in [2.24, 2.45) is 5.92 Å². The van der Waals surface area contributed by atoms with E-state index in [1.54, 1.807) is 0 Å². The average molecular weight is 242 g/mol. The lowest BCUT2D eigenvalue weighted by Crippen LogP contribution is -2.44. The molecule has 1 aliphatic rings. The molecule has 2 N–H and O–H groups in total. The Morgan fingerprint density at radius 1 is 1.41 bits per heavy atom. The Balaban J connectivity index is 2.27. The van der Waals surface area contributed by atoms with Crippen molar-refractivity contribution in [3.05, 3.63) is 0 Å². The third kappa shape index (κ3) is 5.36. The van der Waals surface area contributed by atoms with Crippen LogP contribution in [0, 0.1) is 5.92 Å². The Hall–Kier alpha value is -0.120. The number of likely N-dealkylation sites (N-methyl/N-ethyl adjacent to an activating group) is 1. The molecule has 0 aromatic carbocycles. The minimum atomic E-state index is -0.104. The number of rotatable bonds is 9. The van der Waals surface area contributed by atoms with Crippen molar-refractivity contribution in [2.45, 2.75) is 58.0 Å². The van der Waals surface area contributed by atoms with Crippen molar-refractivity contribution in [1.29, 1.82) is 0 Å². The fourth-order valence-electron chi connectivity index (χ4n) is 2.29. The molecule has 17 heavy (non-hydrogen) atoms. The molecule has 1 rings (SSSR count). The molecule has 0 bridgehead atoms. The van der Waals surface area contributed by atoms with Crippen molar-refractivity contribution in [1.82, 2.24) is 10.2 Å². The fraction of sp³-hybridized carbons (Fsp3) is 1.00. The minimum absolute atomic E-state index is 0.104. The quantitative estimate of drug-likeness (QED) is 0.648. The van der Waals surface area contributed by atoms with Gasteiger partial charge in [0.2, 0.25) is 0 Å². The summed E-state index contributed by atoms with van der Waals surface area (Å²) in [5.41, 5.74) is -0.104. The van der Waals surface area contributed by atoms with E-state index in [2.05, 4.69) is 31.0 Å². The van der Waals surface area contributed by atoms with Gasteiger partial charge in [0.25, 0.3) is 0 Å². The smallest absolute Gasteiger partial charge is 0.0610 e. The van der Waals surface area contributed by atoms with Crippen LogP contribution in [0.4, 0.5) is 0 Å². The zero-order valence-corrected chi connectivity index (χ0v) is 12.0. The maximum atomic E-state index is 9.34. The number of aliphatic hydroxyl groups is 1. The first-order valence-electron chi connectivity index (χ1n) is 7.04. The molecule has 0 aromatic rings. The second-order valence-corrected chi connectivity index (χ2v) is 6.19. The molecule has 0 aromatic heterocycles. The highest BCUT2D eigenvalue weighted by Gasteiger charge is 2.29. The van der Waals surface area contributed by atoms with E-state index in [-0.39, 0.29) is 12.1 Å². The molecule has 0 spiro atoms. The van der Waals surface area contributed by atoms with E-state index in [1.807, 2.05) is 7.05 Å². The summed E-state index contributed by atoms with van der Waals surface area (Å²) in [7, 11) is 1.93. The van der Waals surface area contributed by atoms with E-state index in [9.17, 15) is 5.11 Å². The van der Waals surface area contributed by atoms with Crippen LogP contribution in [-0.4, -0.2) is 48.3 Å². The van der Waals surface area contributed by atoms with E-state index in [1.165, 1.54) is 32.4 Å². The first-order chi connectivity index (χ1) is 8.00. The molecule has 0 radical (unpaired) electrons. The van der Waals surface area contributed by atoms with Gasteiger partial charge in [0, 0.05) is 18.1 Å². The van der Waals surface area contributed by atoms with Gasteiger partial charge in [-0.05, 0) is 52.1 Å². The summed E-state index contributed by atoms with van der Waals surface area (Å²) in [6, 6.07) is 0.854. The van der Waals surface area contributed by atoms with E-state index in [0.29, 0.717) is 0 Å². The Kier molecular flexibility index (Phi) is 5.90. The van der Waals surface area contributed by atoms with Gasteiger partial charge in [0.05, 0.1) is 6.61 Å². The van der Waals surface area contributed by atoms with Crippen molar-refractivity contribution in [3.8, 4) is 0 Å². The van der Waals surface area contributed by atoms with Crippen LogP contribution in [-0.2, 0) is 0 Å². The molecule has 1 aliphatic carbocycles. The molecular weight excluding hydrogens is 212 g/mol. The molecule has 3 nitrogen and oxygen atoms in total. The highest BCUT2D eigenvalue weighted by atomic mass is 16.3. The summed E-state index contributed by atoms with van der Waals surface area (Å²) in [6.07, 6.45) is 4.98. The lowest BCUT2D eigenvalue weighted by Gasteiger charge is -2.29. The molecule has 0 amide bonds. The van der Waals surface area contributed by atoms with E-state index in [4.69, 9.17) is 0 Å². The van der Waals surface area contributed by atoms with Crippen LogP contribution < -0.4 is 5.32 Å². The van der Waals surface area contributed by atoms with E-state index < -0.39 is 0 Å². The van der Waals surface area contributed by atoms with Gasteiger partial charge < -0.3 is 15.3 Å². The minimum Gasteiger partial charge on any atom is -0.394 e. The maximum absolute atomic E-state index is 9.34. The third-order valence-electron chi connectivity index (χ3n) is 3.79. The maximum Gasteiger partial charge on any atom is 0.0610 e. The number of nitrogens with zero attached hydrogens (tertiary/aromatic N) is 1. The van der Waals surface area contributed by atoms with Gasteiger partial charge >= 0.3 is 0 Å². The van der Waals surface area contributed by atoms with Gasteiger partial charge in [-0.15, -0.1) is 0 Å². The van der Waals surface area contributed by atoms with Crippen LogP contribution in [0.5, 0.6) is 0 Å². The van der Waals surface area contributed by atoms with Crippen LogP contribution in [0.1, 0.15) is 46.5 Å². The van der Waals surface area contributed by atoms with Crippen LogP contribution in [0.15, 0.2) is 0 Å². The predicted molar refractivity (Wildman–Crippen MR) is 73.2 cm³/mol. The summed E-state index contributed by atoms with van der Waals surface area (Å²) in [5, 5.41) is 12.6. The standard InChI is InChI=1S/C14H30N2O/c1-12(2)10-16(13-6-7-13)9-5-8-14(3,11-17)15-4/h12-13,15,17H,5-11H2,1-4H3. The predicted octanol–water partition coefficient (Wildman–Crippen LogP) is 1.86. The molecule has 1 saturated carbocycles. The summed E-state index contributed by atoms with van der Waals surface area (Å²) in [4.78, 5) is 2.64. The number of hydrogen-bond acceptors (Lipinski definition) is 3. The van der Waals surface area contributed by atoms with Gasteiger partial charge in [-0.1, -0.05) is 13.8 Å². The molecule has 1 atom stereocenters. The zero-order valence-electron chi connectivity index (χ0n) is 12.0. The Morgan fingerprint density at radius 2 is 2.06 bits per heavy atom. The van der Waals surface area contributed by atoms with Crippen molar-refractivity contribution in [3.63, 3.8) is 0 Å². The topological polar surface area (TPSA) is 35.5 Å². The normalized spacial score (nSPS) is 19.9. The number of nitrogens with one attached hydrogen (secondary N) is 1. The Morgan fingerprint density at radius 3 is 2.47 bits per heavy atom. The van der Waals surface area contributed by atoms with Gasteiger partial charge in [0.1, 0.15) is 0 Å². The molecule has 3 heteroatoms. The van der Waals surface area contributed by atoms with Crippen LogP contribution >= 0.6 is 0 Å². The summed E-state index contributed by atoms with van der Waals surface area (Å²) < 4.78 is 0. The van der Waals surface area contributed by atoms with Gasteiger partial charge in [-0.2, -0.15) is 0 Å². The highest BCUT2D eigenvalue weighted by molar-refractivity contribution is 4.86. The molecule has 1 fully saturated rings. The number of hydrogen-bond donors (Lipinski definition) is 2. The second-order valence-electron chi connectivity index (χ2n) is 6.19. The SMILES string of the molecule is CNC(C)(CO)CCCN(CC(C)C)C1CC1. The van der Waals surface area contributed by atoms with E-state index in [0.717, 1.165) is 18.4 Å². The molecule has 0 aliphatic heterocycles. The van der Waals surface area contributed by atoms with Gasteiger partial charge in [-0.25, -0.2) is 0 Å². The lowest BCUT2D eigenvalue weighted by atomic mass is 9.97. The van der Waals surface area contributed by atoms with Gasteiger partial charge in [0.15, 0.2) is 0 Å². The Labute approximate surface area is 107 Å². The van der Waals surface area contributed by atoms with Crippen molar-refractivity contribution >= 4 is 0 Å². The van der Waals surface area contributed by atoms with Crippen molar-refractivity contribution in [2.75, 3.05) is 26.7 Å². The molecule has 1 unspecified atom stereocenters. The summed E-state index contributed by atoms with van der Waals surface area (Å²) >= 11 is 0. The average Bonchev–Trinajstić information content (AvgIpc) is 3.11. The zero-order chi connectivity index (χ0) is 12.9. The third-order valence-corrected chi connectivity index (χ3v) is 3.79. The molecule has 0 heterocycles.